The highest BCUT2D eigenvalue weighted by Gasteiger charge is 2.33. The van der Waals surface area contributed by atoms with Gasteiger partial charge in [-0.25, -0.2) is 4.39 Å². The Morgan fingerprint density at radius 3 is 2.80 bits per heavy atom. The lowest BCUT2D eigenvalue weighted by atomic mass is 10.1. The maximum atomic E-state index is 13.0. The van der Waals surface area contributed by atoms with Gasteiger partial charge in [-0.3, -0.25) is 9.59 Å². The van der Waals surface area contributed by atoms with Crippen molar-refractivity contribution in [3.8, 4) is 0 Å². The van der Waals surface area contributed by atoms with Gasteiger partial charge >= 0.3 is 0 Å². The van der Waals surface area contributed by atoms with Gasteiger partial charge in [-0.1, -0.05) is 23.8 Å². The van der Waals surface area contributed by atoms with E-state index in [0.717, 1.165) is 17.5 Å². The lowest BCUT2D eigenvalue weighted by Gasteiger charge is -2.16. The first-order valence-corrected chi connectivity index (χ1v) is 10.4. The third-order valence-electron chi connectivity index (χ3n) is 5.79. The molecule has 6 heteroatoms. The van der Waals surface area contributed by atoms with Gasteiger partial charge in [0.05, 0.1) is 5.92 Å². The monoisotopic (exact) mass is 407 g/mol. The Morgan fingerprint density at radius 1 is 1.20 bits per heavy atom. The van der Waals surface area contributed by atoms with Crippen LogP contribution in [-0.4, -0.2) is 41.3 Å². The largest absolute Gasteiger partial charge is 0.361 e. The summed E-state index contributed by atoms with van der Waals surface area (Å²) < 4.78 is 13.0. The number of carbonyl (C=O) groups excluding carboxylic acids is 2. The normalized spacial score (nSPS) is 16.4. The molecule has 0 radical (unpaired) electrons. The SMILES string of the molecule is Cc1ccc2[nH]cc(CCNC(=O)[C@@H]3CC(=O)N(CCc4ccc(F)cc4)C3)c2c1. The van der Waals surface area contributed by atoms with Crippen molar-refractivity contribution in [2.45, 2.75) is 26.2 Å². The second kappa shape index (κ2) is 8.69. The fourth-order valence-corrected chi connectivity index (χ4v) is 4.04. The topological polar surface area (TPSA) is 65.2 Å². The molecular weight excluding hydrogens is 381 g/mol. The molecule has 156 valence electrons. The van der Waals surface area contributed by atoms with Gasteiger partial charge < -0.3 is 15.2 Å². The quantitative estimate of drug-likeness (QED) is 0.631. The first-order chi connectivity index (χ1) is 14.5. The van der Waals surface area contributed by atoms with Crippen molar-refractivity contribution in [1.29, 1.82) is 0 Å². The summed E-state index contributed by atoms with van der Waals surface area (Å²) in [6.07, 6.45) is 3.64. The Balaban J connectivity index is 1.26. The molecule has 2 N–H and O–H groups in total. The Hall–Kier alpha value is -3.15. The molecule has 1 aliphatic rings. The van der Waals surface area contributed by atoms with Crippen LogP contribution in [0.4, 0.5) is 4.39 Å². The van der Waals surface area contributed by atoms with Gasteiger partial charge in [0.15, 0.2) is 0 Å². The number of halogens is 1. The summed E-state index contributed by atoms with van der Waals surface area (Å²) in [5.74, 6) is -0.639. The first kappa shape index (κ1) is 20.1. The number of aryl methyl sites for hydroxylation is 1. The van der Waals surface area contributed by atoms with E-state index >= 15 is 0 Å². The van der Waals surface area contributed by atoms with Gasteiger partial charge in [-0.05, 0) is 55.2 Å². The summed E-state index contributed by atoms with van der Waals surface area (Å²) in [4.78, 5) is 29.8. The predicted molar refractivity (Wildman–Crippen MR) is 115 cm³/mol. The van der Waals surface area contributed by atoms with E-state index in [2.05, 4.69) is 35.4 Å². The van der Waals surface area contributed by atoms with Crippen LogP contribution in [0.3, 0.4) is 0 Å². The lowest BCUT2D eigenvalue weighted by Crippen LogP contribution is -2.34. The number of nitrogens with zero attached hydrogens (tertiary/aromatic N) is 1. The van der Waals surface area contributed by atoms with Crippen LogP contribution in [0, 0.1) is 18.7 Å². The summed E-state index contributed by atoms with van der Waals surface area (Å²) in [7, 11) is 0. The third-order valence-corrected chi connectivity index (χ3v) is 5.79. The minimum Gasteiger partial charge on any atom is -0.361 e. The maximum absolute atomic E-state index is 13.0. The zero-order valence-electron chi connectivity index (χ0n) is 17.1. The highest BCUT2D eigenvalue weighted by atomic mass is 19.1. The summed E-state index contributed by atoms with van der Waals surface area (Å²) in [5, 5.41) is 4.18. The number of fused-ring (bicyclic) bond motifs is 1. The van der Waals surface area contributed by atoms with Crippen molar-refractivity contribution in [1.82, 2.24) is 15.2 Å². The van der Waals surface area contributed by atoms with Gasteiger partial charge in [-0.15, -0.1) is 0 Å². The Morgan fingerprint density at radius 2 is 2.00 bits per heavy atom. The fourth-order valence-electron chi connectivity index (χ4n) is 4.04. The average molecular weight is 407 g/mol. The van der Waals surface area contributed by atoms with E-state index in [0.29, 0.717) is 26.1 Å². The molecule has 3 aromatic rings. The van der Waals surface area contributed by atoms with E-state index < -0.39 is 0 Å². The second-order valence-corrected chi connectivity index (χ2v) is 8.02. The van der Waals surface area contributed by atoms with Gasteiger partial charge in [0, 0.05) is 43.2 Å². The zero-order chi connectivity index (χ0) is 21.1. The van der Waals surface area contributed by atoms with Gasteiger partial charge in [0.2, 0.25) is 11.8 Å². The van der Waals surface area contributed by atoms with E-state index in [4.69, 9.17) is 0 Å². The molecule has 0 aliphatic carbocycles. The summed E-state index contributed by atoms with van der Waals surface area (Å²) in [6.45, 7) is 3.60. The van der Waals surface area contributed by atoms with Crippen LogP contribution in [0.1, 0.15) is 23.1 Å². The van der Waals surface area contributed by atoms with Crippen molar-refractivity contribution in [3.63, 3.8) is 0 Å². The van der Waals surface area contributed by atoms with Crippen LogP contribution in [-0.2, 0) is 22.4 Å². The Labute approximate surface area is 175 Å². The minimum atomic E-state index is -0.309. The average Bonchev–Trinajstić information content (AvgIpc) is 3.30. The standard InChI is InChI=1S/C24H26FN3O2/c1-16-2-7-22-21(12-16)18(14-27-22)8-10-26-24(30)19-13-23(29)28(15-19)11-9-17-3-5-20(25)6-4-17/h2-7,12,14,19,27H,8-11,13,15H2,1H3,(H,26,30)/t19-/m1/s1. The number of hydrogen-bond acceptors (Lipinski definition) is 2. The van der Waals surface area contributed by atoms with Crippen molar-refractivity contribution in [3.05, 3.63) is 71.2 Å². The van der Waals surface area contributed by atoms with Crippen molar-refractivity contribution in [2.75, 3.05) is 19.6 Å². The predicted octanol–water partition coefficient (Wildman–Crippen LogP) is 3.37. The van der Waals surface area contributed by atoms with Gasteiger partial charge in [-0.2, -0.15) is 0 Å². The van der Waals surface area contributed by atoms with Gasteiger partial charge in [0.1, 0.15) is 5.82 Å². The number of benzene rings is 2. The summed E-state index contributed by atoms with van der Waals surface area (Å²) in [6, 6.07) is 12.6. The molecule has 0 spiro atoms. The molecule has 4 rings (SSSR count). The number of carbonyl (C=O) groups is 2. The number of nitrogens with one attached hydrogen (secondary N) is 2. The smallest absolute Gasteiger partial charge is 0.225 e. The molecule has 1 aromatic heterocycles. The zero-order valence-corrected chi connectivity index (χ0v) is 17.1. The molecule has 1 aliphatic heterocycles. The van der Waals surface area contributed by atoms with E-state index in [-0.39, 0.29) is 30.0 Å². The van der Waals surface area contributed by atoms with Crippen molar-refractivity contribution >= 4 is 22.7 Å². The van der Waals surface area contributed by atoms with E-state index in [1.54, 1.807) is 17.0 Å². The fraction of sp³-hybridized carbons (Fsp3) is 0.333. The van der Waals surface area contributed by atoms with Crippen LogP contribution in [0.15, 0.2) is 48.7 Å². The summed E-state index contributed by atoms with van der Waals surface area (Å²) in [5.41, 5.74) is 4.46. The lowest BCUT2D eigenvalue weighted by molar-refractivity contribution is -0.129. The van der Waals surface area contributed by atoms with Crippen molar-refractivity contribution in [2.24, 2.45) is 5.92 Å². The van der Waals surface area contributed by atoms with Crippen molar-refractivity contribution < 1.29 is 14.0 Å². The number of amides is 2. The molecule has 0 saturated carbocycles. The molecule has 2 aromatic carbocycles. The molecule has 0 unspecified atom stereocenters. The number of rotatable bonds is 7. The highest BCUT2D eigenvalue weighted by Crippen LogP contribution is 2.21. The van der Waals surface area contributed by atoms with E-state index in [1.807, 2.05) is 6.20 Å². The summed E-state index contributed by atoms with van der Waals surface area (Å²) >= 11 is 0. The maximum Gasteiger partial charge on any atom is 0.225 e. The third kappa shape index (κ3) is 4.53. The molecule has 1 atom stereocenters. The van der Waals surface area contributed by atoms with Crippen LogP contribution >= 0.6 is 0 Å². The number of H-pyrrole nitrogens is 1. The minimum absolute atomic E-state index is 0.00404. The Kier molecular flexibility index (Phi) is 5.84. The van der Waals surface area contributed by atoms with Crippen LogP contribution in [0.25, 0.3) is 10.9 Å². The molecule has 1 saturated heterocycles. The number of aromatic amines is 1. The van der Waals surface area contributed by atoms with Crippen LogP contribution in [0.2, 0.25) is 0 Å². The highest BCUT2D eigenvalue weighted by molar-refractivity contribution is 5.89. The van der Waals surface area contributed by atoms with E-state index in [1.165, 1.54) is 28.6 Å². The molecule has 1 fully saturated rings. The van der Waals surface area contributed by atoms with Gasteiger partial charge in [0.25, 0.3) is 0 Å². The molecule has 5 nitrogen and oxygen atoms in total. The Bertz CT molecular complexity index is 1060. The molecule has 2 heterocycles. The molecule has 30 heavy (non-hydrogen) atoms. The number of aromatic nitrogens is 1. The first-order valence-electron chi connectivity index (χ1n) is 10.4. The van der Waals surface area contributed by atoms with Crippen LogP contribution < -0.4 is 5.32 Å². The number of hydrogen-bond donors (Lipinski definition) is 2. The molecular formula is C24H26FN3O2. The van der Waals surface area contributed by atoms with E-state index in [9.17, 15) is 14.0 Å². The number of likely N-dealkylation sites (tertiary alicyclic amines) is 1. The molecule has 2 amide bonds. The molecule has 0 bridgehead atoms. The second-order valence-electron chi connectivity index (χ2n) is 8.02. The van der Waals surface area contributed by atoms with Crippen LogP contribution in [0.5, 0.6) is 0 Å².